The number of nitrogens with zero attached hydrogens (tertiary/aromatic N) is 3. The van der Waals surface area contributed by atoms with E-state index < -0.39 is 23.8 Å². The molecule has 5 rings (SSSR count). The van der Waals surface area contributed by atoms with Gasteiger partial charge in [-0.15, -0.1) is 0 Å². The Balaban J connectivity index is 1.36. The lowest BCUT2D eigenvalue weighted by molar-refractivity contribution is -0.153. The van der Waals surface area contributed by atoms with Crippen molar-refractivity contribution in [3.05, 3.63) is 95.9 Å². The van der Waals surface area contributed by atoms with E-state index in [1.165, 1.54) is 17.4 Å². The molecule has 0 radical (unpaired) electrons. The van der Waals surface area contributed by atoms with E-state index in [9.17, 15) is 9.59 Å². The molecule has 3 aromatic rings. The minimum absolute atomic E-state index is 0.140. The van der Waals surface area contributed by atoms with Crippen molar-refractivity contribution in [3.63, 3.8) is 0 Å². The minimum atomic E-state index is -1.08. The van der Waals surface area contributed by atoms with Gasteiger partial charge in [0.15, 0.2) is 5.92 Å². The molecule has 1 amide bonds. The van der Waals surface area contributed by atoms with Gasteiger partial charge in [0.2, 0.25) is 11.9 Å². The number of piperazine rings is 1. The maximum absolute atomic E-state index is 13.0. The molecule has 0 spiro atoms. The van der Waals surface area contributed by atoms with Crippen molar-refractivity contribution in [2.45, 2.75) is 19.0 Å². The summed E-state index contributed by atoms with van der Waals surface area (Å²) >= 11 is 0. The number of nitrogens with one attached hydrogen (secondary N) is 1. The van der Waals surface area contributed by atoms with E-state index in [1.54, 1.807) is 19.1 Å². The molecule has 2 aliphatic rings. The molecule has 3 heterocycles. The summed E-state index contributed by atoms with van der Waals surface area (Å²) in [7, 11) is 0. The lowest BCUT2D eigenvalue weighted by Crippen LogP contribution is -2.57. The first-order valence-corrected chi connectivity index (χ1v) is 12.3. The summed E-state index contributed by atoms with van der Waals surface area (Å²) in [6.07, 6.45) is 1.52. The Morgan fingerprint density at radius 1 is 1.00 bits per heavy atom. The number of furan rings is 1. The number of rotatable bonds is 6. The van der Waals surface area contributed by atoms with Crippen LogP contribution in [0.4, 0.5) is 0 Å². The first-order chi connectivity index (χ1) is 17.7. The fraction of sp³-hybridized carbons (Fsp3) is 0.321. The molecule has 1 N–H and O–H groups in total. The third-order valence-electron chi connectivity index (χ3n) is 6.68. The zero-order valence-electron chi connectivity index (χ0n) is 20.2. The van der Waals surface area contributed by atoms with Gasteiger partial charge < -0.3 is 14.1 Å². The molecule has 1 fully saturated rings. The van der Waals surface area contributed by atoms with Crippen molar-refractivity contribution in [2.75, 3.05) is 32.8 Å². The van der Waals surface area contributed by atoms with Crippen molar-refractivity contribution in [3.8, 4) is 0 Å². The summed E-state index contributed by atoms with van der Waals surface area (Å²) in [5, 5.41) is 2.85. The Hall–Kier alpha value is -3.91. The molecule has 0 unspecified atom stereocenters. The molecule has 8 heteroatoms. The Bertz CT molecular complexity index is 1150. The molecule has 0 aliphatic carbocycles. The van der Waals surface area contributed by atoms with Crippen LogP contribution in [0, 0.1) is 5.92 Å². The molecule has 1 saturated heterocycles. The second-order valence-corrected chi connectivity index (χ2v) is 8.88. The maximum atomic E-state index is 13.0. The van der Waals surface area contributed by atoms with Gasteiger partial charge in [0.25, 0.3) is 0 Å². The fourth-order valence-electron chi connectivity index (χ4n) is 4.96. The number of esters is 1. The number of carbonyl (C=O) groups is 2. The highest BCUT2D eigenvalue weighted by Gasteiger charge is 2.43. The van der Waals surface area contributed by atoms with E-state index in [0.29, 0.717) is 24.8 Å². The van der Waals surface area contributed by atoms with E-state index >= 15 is 0 Å². The summed E-state index contributed by atoms with van der Waals surface area (Å²) < 4.78 is 10.7. The molecule has 36 heavy (non-hydrogen) atoms. The molecule has 8 nitrogen and oxygen atoms in total. The van der Waals surface area contributed by atoms with Crippen molar-refractivity contribution in [1.82, 2.24) is 15.1 Å². The van der Waals surface area contributed by atoms with Crippen LogP contribution in [0.15, 0.2) is 88.5 Å². The zero-order chi connectivity index (χ0) is 24.9. The van der Waals surface area contributed by atoms with E-state index in [2.05, 4.69) is 63.6 Å². The monoisotopic (exact) mass is 486 g/mol. The summed E-state index contributed by atoms with van der Waals surface area (Å²) in [6.45, 7) is 4.85. The Morgan fingerprint density at radius 3 is 2.19 bits per heavy atom. The van der Waals surface area contributed by atoms with Crippen LogP contribution in [0.1, 0.15) is 35.9 Å². The van der Waals surface area contributed by atoms with Crippen LogP contribution in [0.25, 0.3) is 0 Å². The largest absolute Gasteiger partial charge is 0.467 e. The quantitative estimate of drug-likeness (QED) is 0.425. The van der Waals surface area contributed by atoms with Crippen molar-refractivity contribution in [1.29, 1.82) is 0 Å². The van der Waals surface area contributed by atoms with Crippen molar-refractivity contribution in [2.24, 2.45) is 10.9 Å². The summed E-state index contributed by atoms with van der Waals surface area (Å²) in [6, 6.07) is 23.9. The lowest BCUT2D eigenvalue weighted by Gasteiger charge is -2.41. The number of benzene rings is 2. The molecule has 2 aromatic carbocycles. The van der Waals surface area contributed by atoms with E-state index in [0.717, 1.165) is 13.1 Å². The predicted octanol–water partition coefficient (Wildman–Crippen LogP) is 3.39. The Labute approximate surface area is 210 Å². The second kappa shape index (κ2) is 10.8. The number of hydrogen-bond acceptors (Lipinski definition) is 7. The smallest absolute Gasteiger partial charge is 0.321 e. The molecule has 0 bridgehead atoms. The number of aliphatic imine (C=N–C) groups is 1. The number of carbonyl (C=O) groups excluding carboxylic acids is 2. The van der Waals surface area contributed by atoms with Gasteiger partial charge in [-0.25, -0.2) is 4.99 Å². The average Bonchev–Trinajstić information content (AvgIpc) is 3.45. The zero-order valence-corrected chi connectivity index (χ0v) is 20.2. The predicted molar refractivity (Wildman–Crippen MR) is 135 cm³/mol. The van der Waals surface area contributed by atoms with Gasteiger partial charge in [0, 0.05) is 26.2 Å². The molecule has 2 atom stereocenters. The molecule has 2 aliphatic heterocycles. The normalized spacial score (nSPS) is 20.7. The van der Waals surface area contributed by atoms with Crippen molar-refractivity contribution >= 4 is 17.8 Å². The maximum Gasteiger partial charge on any atom is 0.321 e. The number of guanidine groups is 1. The third-order valence-corrected chi connectivity index (χ3v) is 6.68. The highest BCUT2D eigenvalue weighted by Crippen LogP contribution is 2.32. The third kappa shape index (κ3) is 4.90. The van der Waals surface area contributed by atoms with Gasteiger partial charge in [-0.05, 0) is 30.2 Å². The standard InChI is InChI=1S/C28H30N4O4/c1-2-35-27(34)23-24(22-14-9-19-36-22)29-28(30-26(23)33)32-17-15-31(16-18-32)25(20-10-5-3-6-11-20)21-12-7-4-8-13-21/h3-14,19,23-25H,2,15-18H2,1H3,(H,29,30,33)/t23-,24-/m0/s1. The average molecular weight is 487 g/mol. The topological polar surface area (TPSA) is 87.4 Å². The first-order valence-electron chi connectivity index (χ1n) is 12.3. The van der Waals surface area contributed by atoms with Crippen LogP contribution >= 0.6 is 0 Å². The van der Waals surface area contributed by atoms with Gasteiger partial charge in [0.05, 0.1) is 18.9 Å². The number of hydrogen-bond donors (Lipinski definition) is 1. The van der Waals surface area contributed by atoms with Crippen LogP contribution in [-0.4, -0.2) is 60.4 Å². The summed E-state index contributed by atoms with van der Waals surface area (Å²) in [4.78, 5) is 34.9. The Kier molecular flexibility index (Phi) is 7.13. The Morgan fingerprint density at radius 2 is 1.64 bits per heavy atom. The first kappa shape index (κ1) is 23.8. The minimum Gasteiger partial charge on any atom is -0.467 e. The van der Waals surface area contributed by atoms with Gasteiger partial charge >= 0.3 is 5.97 Å². The van der Waals surface area contributed by atoms with Gasteiger partial charge in [-0.2, -0.15) is 0 Å². The summed E-state index contributed by atoms with van der Waals surface area (Å²) in [5.74, 6) is -1.17. The van der Waals surface area contributed by atoms with E-state index in [-0.39, 0.29) is 12.6 Å². The molecular formula is C28H30N4O4. The van der Waals surface area contributed by atoms with Gasteiger partial charge in [-0.3, -0.25) is 19.8 Å². The molecule has 0 saturated carbocycles. The van der Waals surface area contributed by atoms with Crippen LogP contribution in [-0.2, 0) is 14.3 Å². The van der Waals surface area contributed by atoms with Crippen LogP contribution < -0.4 is 5.32 Å². The van der Waals surface area contributed by atoms with E-state index in [1.807, 2.05) is 12.1 Å². The van der Waals surface area contributed by atoms with Gasteiger partial charge in [0.1, 0.15) is 11.8 Å². The van der Waals surface area contributed by atoms with Crippen LogP contribution in [0.2, 0.25) is 0 Å². The highest BCUT2D eigenvalue weighted by molar-refractivity contribution is 6.08. The molecular weight excluding hydrogens is 456 g/mol. The molecule has 186 valence electrons. The van der Waals surface area contributed by atoms with E-state index in [4.69, 9.17) is 14.1 Å². The van der Waals surface area contributed by atoms with Crippen LogP contribution in [0.3, 0.4) is 0 Å². The number of ether oxygens (including phenoxy) is 1. The number of amides is 1. The molecule has 1 aromatic heterocycles. The SMILES string of the molecule is CCOC(=O)[C@@H]1C(=O)NC(N2CCN(C(c3ccccc3)c3ccccc3)CC2)=N[C@H]1c1ccco1. The highest BCUT2D eigenvalue weighted by atomic mass is 16.5. The summed E-state index contributed by atoms with van der Waals surface area (Å²) in [5.41, 5.74) is 2.49. The fourth-order valence-corrected chi connectivity index (χ4v) is 4.96. The van der Waals surface area contributed by atoms with Gasteiger partial charge in [-0.1, -0.05) is 60.7 Å². The van der Waals surface area contributed by atoms with Crippen LogP contribution in [0.5, 0.6) is 0 Å². The second-order valence-electron chi connectivity index (χ2n) is 8.88. The lowest BCUT2D eigenvalue weighted by atomic mass is 9.95. The van der Waals surface area contributed by atoms with Crippen molar-refractivity contribution < 1.29 is 18.7 Å².